The highest BCUT2D eigenvalue weighted by Crippen LogP contribution is 2.12. The van der Waals surface area contributed by atoms with E-state index in [-0.39, 0.29) is 0 Å². The van der Waals surface area contributed by atoms with Crippen LogP contribution in [0.2, 0.25) is 0 Å². The third kappa shape index (κ3) is 3.34. The van der Waals surface area contributed by atoms with Gasteiger partial charge in [0.2, 0.25) is 0 Å². The van der Waals surface area contributed by atoms with Gasteiger partial charge in [-0.1, -0.05) is 24.3 Å². The zero-order valence-electron chi connectivity index (χ0n) is 14.0. The van der Waals surface area contributed by atoms with Crippen molar-refractivity contribution < 1.29 is 4.74 Å². The number of ether oxygens (including phenoxy) is 1. The third-order valence-corrected chi connectivity index (χ3v) is 4.31. The number of hydrogen-bond acceptors (Lipinski definition) is 4. The van der Waals surface area contributed by atoms with E-state index < -0.39 is 11.1 Å². The van der Waals surface area contributed by atoms with Gasteiger partial charge in [-0.2, -0.15) is 0 Å². The number of fused-ring (bicyclic) bond motifs is 1. The van der Waals surface area contributed by atoms with Crippen LogP contribution in [-0.4, -0.2) is 46.9 Å². The Bertz CT molecular complexity index is 860. The minimum Gasteiger partial charge on any atom is -0.379 e. The largest absolute Gasteiger partial charge is 0.379 e. The predicted molar refractivity (Wildman–Crippen MR) is 94.5 cm³/mol. The molecule has 0 spiro atoms. The minimum absolute atomic E-state index is 0.360. The monoisotopic (exact) mass is 329 g/mol. The van der Waals surface area contributed by atoms with Crippen LogP contribution in [0.1, 0.15) is 6.92 Å². The summed E-state index contributed by atoms with van der Waals surface area (Å²) < 4.78 is 8.46. The van der Waals surface area contributed by atoms with Crippen molar-refractivity contribution in [3.05, 3.63) is 57.1 Å². The minimum atomic E-state index is -0.487. The first-order valence-corrected chi connectivity index (χ1v) is 8.25. The highest BCUT2D eigenvalue weighted by Gasteiger charge is 2.15. The van der Waals surface area contributed by atoms with Gasteiger partial charge in [0.15, 0.2) is 0 Å². The van der Waals surface area contributed by atoms with E-state index in [1.165, 1.54) is 4.57 Å². The summed E-state index contributed by atoms with van der Waals surface area (Å²) in [7, 11) is 0. The maximum absolute atomic E-state index is 12.6. The fraction of sp³-hybridized carbons (Fsp3) is 0.444. The van der Waals surface area contributed by atoms with E-state index in [1.54, 1.807) is 4.57 Å². The second-order valence-corrected chi connectivity index (χ2v) is 6.25. The number of aromatic nitrogens is 2. The number of hydrogen-bond donors (Lipinski definition) is 0. The van der Waals surface area contributed by atoms with E-state index >= 15 is 0 Å². The zero-order valence-corrected chi connectivity index (χ0v) is 14.0. The second kappa shape index (κ2) is 7.15. The molecular weight excluding hydrogens is 306 g/mol. The Kier molecular flexibility index (Phi) is 4.97. The lowest BCUT2D eigenvalue weighted by molar-refractivity contribution is 0.0364. The van der Waals surface area contributed by atoms with Gasteiger partial charge in [0.1, 0.15) is 0 Å². The fourth-order valence-corrected chi connectivity index (χ4v) is 3.09. The van der Waals surface area contributed by atoms with Crippen LogP contribution in [0.3, 0.4) is 0 Å². The van der Waals surface area contributed by atoms with Crippen LogP contribution in [-0.2, 0) is 17.8 Å². The normalized spacial score (nSPS) is 15.7. The number of rotatable bonds is 5. The molecular formula is C18H23N3O3. The third-order valence-electron chi connectivity index (χ3n) is 4.31. The van der Waals surface area contributed by atoms with Crippen molar-refractivity contribution in [2.75, 3.05) is 32.8 Å². The Morgan fingerprint density at radius 2 is 1.62 bits per heavy atom. The first kappa shape index (κ1) is 16.7. The van der Waals surface area contributed by atoms with Gasteiger partial charge in [0.25, 0.3) is 0 Å². The molecule has 6 nitrogen and oxygen atoms in total. The molecule has 1 aliphatic rings. The van der Waals surface area contributed by atoms with Crippen molar-refractivity contribution >= 4 is 11.0 Å². The molecule has 128 valence electrons. The van der Waals surface area contributed by atoms with Crippen molar-refractivity contribution in [3.8, 4) is 0 Å². The molecule has 24 heavy (non-hydrogen) atoms. The highest BCUT2D eigenvalue weighted by atomic mass is 16.5. The fourth-order valence-electron chi connectivity index (χ4n) is 3.09. The molecule has 0 amide bonds. The Morgan fingerprint density at radius 1 is 1.04 bits per heavy atom. The number of benzene rings is 1. The molecule has 1 fully saturated rings. The Labute approximate surface area is 140 Å². The smallest absolute Gasteiger partial charge is 0.317 e. The standard InChI is InChI=1S/C18H23N3O3/c1-14(2)13-21-16-6-4-3-5-15(16)20(17(22)18(21)23)8-7-19-9-11-24-12-10-19/h3-6H,1,7-13H2,2H3. The van der Waals surface area contributed by atoms with E-state index in [0.29, 0.717) is 13.1 Å². The summed E-state index contributed by atoms with van der Waals surface area (Å²) in [5.74, 6) is 0. The van der Waals surface area contributed by atoms with Crippen LogP contribution in [0.4, 0.5) is 0 Å². The van der Waals surface area contributed by atoms with E-state index in [9.17, 15) is 9.59 Å². The molecule has 0 aliphatic carbocycles. The van der Waals surface area contributed by atoms with Crippen LogP contribution < -0.4 is 11.1 Å². The van der Waals surface area contributed by atoms with Gasteiger partial charge in [0.05, 0.1) is 24.2 Å². The lowest BCUT2D eigenvalue weighted by Gasteiger charge is -2.27. The molecule has 6 heteroatoms. The Balaban J connectivity index is 2.01. The molecule has 0 unspecified atom stereocenters. The van der Waals surface area contributed by atoms with Gasteiger partial charge in [-0.05, 0) is 19.1 Å². The summed E-state index contributed by atoms with van der Waals surface area (Å²) in [6.45, 7) is 10.5. The predicted octanol–water partition coefficient (Wildman–Crippen LogP) is 1.07. The van der Waals surface area contributed by atoms with Gasteiger partial charge in [-0.3, -0.25) is 19.1 Å². The summed E-state index contributed by atoms with van der Waals surface area (Å²) in [6.07, 6.45) is 0. The maximum Gasteiger partial charge on any atom is 0.317 e. The maximum atomic E-state index is 12.6. The van der Waals surface area contributed by atoms with Gasteiger partial charge in [0, 0.05) is 32.7 Å². The van der Waals surface area contributed by atoms with Crippen LogP contribution >= 0.6 is 0 Å². The molecule has 0 bridgehead atoms. The van der Waals surface area contributed by atoms with Gasteiger partial charge in [-0.15, -0.1) is 0 Å². The summed E-state index contributed by atoms with van der Waals surface area (Å²) in [4.78, 5) is 27.4. The van der Waals surface area contributed by atoms with Gasteiger partial charge >= 0.3 is 11.1 Å². The van der Waals surface area contributed by atoms with E-state index in [0.717, 1.165) is 49.5 Å². The van der Waals surface area contributed by atoms with Crippen molar-refractivity contribution in [2.24, 2.45) is 0 Å². The summed E-state index contributed by atoms with van der Waals surface area (Å²) in [6, 6.07) is 7.55. The zero-order chi connectivity index (χ0) is 17.1. The summed E-state index contributed by atoms with van der Waals surface area (Å²) in [5.41, 5.74) is 1.44. The van der Waals surface area contributed by atoms with E-state index in [1.807, 2.05) is 31.2 Å². The second-order valence-electron chi connectivity index (χ2n) is 6.25. The molecule has 1 aromatic heterocycles. The molecule has 1 aliphatic heterocycles. The number of nitrogens with zero attached hydrogens (tertiary/aromatic N) is 3. The molecule has 2 aromatic rings. The molecule has 0 atom stereocenters. The van der Waals surface area contributed by atoms with Crippen LogP contribution in [0.15, 0.2) is 46.0 Å². The van der Waals surface area contributed by atoms with Crippen molar-refractivity contribution in [2.45, 2.75) is 20.0 Å². The molecule has 0 N–H and O–H groups in total. The molecule has 0 saturated carbocycles. The lowest BCUT2D eigenvalue weighted by Crippen LogP contribution is -2.44. The first-order chi connectivity index (χ1) is 11.6. The van der Waals surface area contributed by atoms with Gasteiger partial charge < -0.3 is 9.30 Å². The quantitative estimate of drug-likeness (QED) is 0.608. The highest BCUT2D eigenvalue weighted by molar-refractivity contribution is 5.75. The molecule has 0 radical (unpaired) electrons. The van der Waals surface area contributed by atoms with Crippen molar-refractivity contribution in [3.63, 3.8) is 0 Å². The Hall–Kier alpha value is -2.18. The molecule has 1 saturated heterocycles. The molecule has 3 rings (SSSR count). The average Bonchev–Trinajstić information content (AvgIpc) is 2.59. The van der Waals surface area contributed by atoms with Crippen LogP contribution in [0.5, 0.6) is 0 Å². The summed E-state index contributed by atoms with van der Waals surface area (Å²) in [5, 5.41) is 0. The van der Waals surface area contributed by atoms with Crippen molar-refractivity contribution in [1.82, 2.24) is 14.0 Å². The first-order valence-electron chi connectivity index (χ1n) is 8.25. The Morgan fingerprint density at radius 3 is 2.25 bits per heavy atom. The van der Waals surface area contributed by atoms with E-state index in [2.05, 4.69) is 11.5 Å². The molecule has 2 heterocycles. The van der Waals surface area contributed by atoms with Crippen LogP contribution in [0.25, 0.3) is 11.0 Å². The average molecular weight is 329 g/mol. The van der Waals surface area contributed by atoms with E-state index in [4.69, 9.17) is 4.74 Å². The molecule has 1 aromatic carbocycles. The summed E-state index contributed by atoms with van der Waals surface area (Å²) >= 11 is 0. The number of allylic oxidation sites excluding steroid dienone is 1. The van der Waals surface area contributed by atoms with Crippen LogP contribution in [0, 0.1) is 0 Å². The lowest BCUT2D eigenvalue weighted by atomic mass is 10.2. The SMILES string of the molecule is C=C(C)Cn1c(=O)c(=O)n(CCN2CCOCC2)c2ccccc21. The van der Waals surface area contributed by atoms with Gasteiger partial charge in [-0.25, -0.2) is 0 Å². The van der Waals surface area contributed by atoms with Crippen molar-refractivity contribution in [1.29, 1.82) is 0 Å². The number of morpholine rings is 1. The number of para-hydroxylation sites is 2. The topological polar surface area (TPSA) is 56.5 Å².